The lowest BCUT2D eigenvalue weighted by atomic mass is 10.1. The lowest BCUT2D eigenvalue weighted by Gasteiger charge is -2.07. The molecule has 4 nitrogen and oxygen atoms in total. The van der Waals surface area contributed by atoms with Crippen LogP contribution >= 0.6 is 0 Å². The minimum atomic E-state index is -0.362. The molecule has 0 bridgehead atoms. The summed E-state index contributed by atoms with van der Waals surface area (Å²) in [7, 11) is 0. The van der Waals surface area contributed by atoms with Crippen molar-refractivity contribution in [2.75, 3.05) is 0 Å². The Morgan fingerprint density at radius 2 is 1.73 bits per heavy atom. The highest BCUT2D eigenvalue weighted by Crippen LogP contribution is 2.28. The molecule has 4 rings (SSSR count). The van der Waals surface area contributed by atoms with E-state index >= 15 is 0 Å². The number of cyclic esters (lactones) is 1. The van der Waals surface area contributed by atoms with Gasteiger partial charge in [0, 0.05) is 11.1 Å². The monoisotopic (exact) mass is 393 g/mol. The molecular weight excluding hydrogens is 374 g/mol. The molecular formula is C26H19NO3. The summed E-state index contributed by atoms with van der Waals surface area (Å²) in [6.07, 6.45) is 3.55. The van der Waals surface area contributed by atoms with Gasteiger partial charge in [-0.25, -0.2) is 4.79 Å². The zero-order chi connectivity index (χ0) is 20.9. The molecule has 0 unspecified atom stereocenters. The zero-order valence-corrected chi connectivity index (χ0v) is 16.5. The Morgan fingerprint density at radius 3 is 2.47 bits per heavy atom. The number of ether oxygens (including phenoxy) is 2. The van der Waals surface area contributed by atoms with Gasteiger partial charge in [0.05, 0.1) is 17.2 Å². The van der Waals surface area contributed by atoms with Crippen LogP contribution in [0.15, 0.2) is 84.4 Å². The molecule has 1 heterocycles. The Kier molecular flexibility index (Phi) is 5.45. The van der Waals surface area contributed by atoms with Crippen molar-refractivity contribution in [3.63, 3.8) is 0 Å². The number of nitrogens with zero attached hydrogens (tertiary/aromatic N) is 1. The summed E-state index contributed by atoms with van der Waals surface area (Å²) in [5.74, 6) is 0.885. The molecule has 0 N–H and O–H groups in total. The fraction of sp³-hybridized carbons (Fsp3) is 0.0769. The Balaban J connectivity index is 1.46. The summed E-state index contributed by atoms with van der Waals surface area (Å²) in [5, 5.41) is 9.16. The van der Waals surface area contributed by atoms with Crippen LogP contribution in [0.25, 0.3) is 11.8 Å². The summed E-state index contributed by atoms with van der Waals surface area (Å²) in [5.41, 5.74) is 4.84. The number of esters is 1. The normalized spacial score (nSPS) is 14.2. The molecule has 0 saturated carbocycles. The second-order valence-corrected chi connectivity index (χ2v) is 6.99. The maximum Gasteiger partial charge on any atom is 0.343 e. The molecule has 146 valence electrons. The van der Waals surface area contributed by atoms with Gasteiger partial charge >= 0.3 is 5.97 Å². The van der Waals surface area contributed by atoms with Crippen LogP contribution in [-0.4, -0.2) is 5.97 Å². The second kappa shape index (κ2) is 8.50. The molecule has 3 aromatic rings. The fourth-order valence-electron chi connectivity index (χ4n) is 3.11. The van der Waals surface area contributed by atoms with E-state index in [-0.39, 0.29) is 5.97 Å². The summed E-state index contributed by atoms with van der Waals surface area (Å²) in [4.78, 5) is 12.2. The molecule has 3 aromatic carbocycles. The van der Waals surface area contributed by atoms with Crippen molar-refractivity contribution in [2.24, 2.45) is 0 Å². The largest absolute Gasteiger partial charge is 0.489 e. The molecule has 0 aliphatic carbocycles. The number of carbonyl (C=O) groups is 1. The van der Waals surface area contributed by atoms with Crippen molar-refractivity contribution in [2.45, 2.75) is 13.5 Å². The first-order valence-electron chi connectivity index (χ1n) is 9.56. The number of carbonyl (C=O) groups excluding carboxylic acids is 1. The van der Waals surface area contributed by atoms with Crippen molar-refractivity contribution >= 4 is 17.8 Å². The van der Waals surface area contributed by atoms with E-state index in [1.165, 1.54) is 0 Å². The van der Waals surface area contributed by atoms with Crippen molar-refractivity contribution in [3.8, 4) is 11.8 Å². The molecule has 0 amide bonds. The highest BCUT2D eigenvalue weighted by molar-refractivity contribution is 6.05. The first kappa shape index (κ1) is 19.2. The topological polar surface area (TPSA) is 59.3 Å². The molecule has 0 atom stereocenters. The highest BCUT2D eigenvalue weighted by Gasteiger charge is 2.21. The third-order valence-corrected chi connectivity index (χ3v) is 4.80. The summed E-state index contributed by atoms with van der Waals surface area (Å²) < 4.78 is 11.2. The molecule has 30 heavy (non-hydrogen) atoms. The van der Waals surface area contributed by atoms with Gasteiger partial charge in [0.15, 0.2) is 0 Å². The van der Waals surface area contributed by atoms with Crippen LogP contribution in [0, 0.1) is 18.3 Å². The Bertz CT molecular complexity index is 1180. The van der Waals surface area contributed by atoms with Crippen molar-refractivity contribution in [1.29, 1.82) is 5.26 Å². The molecule has 0 fully saturated rings. The molecule has 1 aliphatic heterocycles. The zero-order valence-electron chi connectivity index (χ0n) is 16.5. The third-order valence-electron chi connectivity index (χ3n) is 4.80. The molecule has 0 aromatic heterocycles. The van der Waals surface area contributed by atoms with Gasteiger partial charge in [-0.1, -0.05) is 60.2 Å². The number of benzene rings is 3. The Hall–Kier alpha value is -4.10. The van der Waals surface area contributed by atoms with E-state index in [4.69, 9.17) is 14.7 Å². The second-order valence-electron chi connectivity index (χ2n) is 6.99. The first-order valence-corrected chi connectivity index (χ1v) is 9.56. The average molecular weight is 393 g/mol. The van der Waals surface area contributed by atoms with Gasteiger partial charge in [0.25, 0.3) is 0 Å². The van der Waals surface area contributed by atoms with Gasteiger partial charge in [-0.3, -0.25) is 0 Å². The number of aryl methyl sites for hydroxylation is 1. The van der Waals surface area contributed by atoms with Crippen LogP contribution in [0.4, 0.5) is 0 Å². The first-order chi connectivity index (χ1) is 14.6. The number of hydrogen-bond acceptors (Lipinski definition) is 4. The molecule has 0 saturated heterocycles. The van der Waals surface area contributed by atoms with Crippen molar-refractivity contribution in [3.05, 3.63) is 112 Å². The average Bonchev–Trinajstić information content (AvgIpc) is 3.14. The van der Waals surface area contributed by atoms with E-state index in [0.29, 0.717) is 29.3 Å². The summed E-state index contributed by atoms with van der Waals surface area (Å²) in [6, 6.07) is 24.8. The van der Waals surface area contributed by atoms with Gasteiger partial charge in [0.2, 0.25) is 0 Å². The quantitative estimate of drug-likeness (QED) is 0.429. The highest BCUT2D eigenvalue weighted by atomic mass is 16.5. The van der Waals surface area contributed by atoms with Gasteiger partial charge in [-0.05, 0) is 42.8 Å². The van der Waals surface area contributed by atoms with E-state index < -0.39 is 0 Å². The molecule has 4 heteroatoms. The van der Waals surface area contributed by atoms with Crippen molar-refractivity contribution < 1.29 is 14.3 Å². The summed E-state index contributed by atoms with van der Waals surface area (Å²) >= 11 is 0. The van der Waals surface area contributed by atoms with Crippen molar-refractivity contribution in [1.82, 2.24) is 0 Å². The van der Waals surface area contributed by atoms with Crippen LogP contribution in [-0.2, 0) is 16.1 Å². The standard InChI is InChI=1S/C26H19NO3/c1-18-6-10-20(11-7-18)25-15-23(26(28)30-25)14-19-8-12-24(13-9-19)29-17-22-5-3-2-4-21(22)16-27/h2-15H,17H2,1H3/b23-14+. The molecule has 1 aliphatic rings. The SMILES string of the molecule is Cc1ccc(C2=C/C(=C\c3ccc(OCc4ccccc4C#N)cc3)C(=O)O2)cc1. The van der Waals surface area contributed by atoms with Crippen LogP contribution in [0.2, 0.25) is 0 Å². The number of nitriles is 1. The maximum absolute atomic E-state index is 12.2. The van der Waals surface area contributed by atoms with E-state index in [9.17, 15) is 4.79 Å². The van der Waals surface area contributed by atoms with Gasteiger partial charge in [-0.15, -0.1) is 0 Å². The fourth-order valence-corrected chi connectivity index (χ4v) is 3.11. The maximum atomic E-state index is 12.2. The van der Waals surface area contributed by atoms with E-state index in [0.717, 1.165) is 22.3 Å². The molecule has 0 spiro atoms. The Labute approximate surface area is 175 Å². The van der Waals surface area contributed by atoms with E-state index in [2.05, 4.69) is 6.07 Å². The van der Waals surface area contributed by atoms with Crippen LogP contribution < -0.4 is 4.74 Å². The van der Waals surface area contributed by atoms with E-state index in [1.54, 1.807) is 18.2 Å². The lowest BCUT2D eigenvalue weighted by Crippen LogP contribution is -1.98. The molecule has 0 radical (unpaired) electrons. The number of rotatable bonds is 5. The minimum absolute atomic E-state index is 0.319. The van der Waals surface area contributed by atoms with Crippen LogP contribution in [0.1, 0.15) is 27.8 Å². The predicted molar refractivity (Wildman–Crippen MR) is 115 cm³/mol. The third kappa shape index (κ3) is 4.31. The lowest BCUT2D eigenvalue weighted by molar-refractivity contribution is -0.130. The van der Waals surface area contributed by atoms with E-state index in [1.807, 2.05) is 73.7 Å². The van der Waals surface area contributed by atoms with Crippen LogP contribution in [0.5, 0.6) is 5.75 Å². The number of hydrogen-bond donors (Lipinski definition) is 0. The van der Waals surface area contributed by atoms with Crippen LogP contribution in [0.3, 0.4) is 0 Å². The Morgan fingerprint density at radius 1 is 1.00 bits per heavy atom. The van der Waals surface area contributed by atoms with Gasteiger partial charge in [0.1, 0.15) is 18.1 Å². The summed E-state index contributed by atoms with van der Waals surface area (Å²) in [6.45, 7) is 2.33. The predicted octanol–water partition coefficient (Wildman–Crippen LogP) is 5.43. The minimum Gasteiger partial charge on any atom is -0.489 e. The smallest absolute Gasteiger partial charge is 0.343 e. The van der Waals surface area contributed by atoms with Gasteiger partial charge in [-0.2, -0.15) is 5.26 Å². The van der Waals surface area contributed by atoms with Gasteiger partial charge < -0.3 is 9.47 Å².